The summed E-state index contributed by atoms with van der Waals surface area (Å²) in [6.07, 6.45) is 4.85. The van der Waals surface area contributed by atoms with Crippen molar-refractivity contribution in [1.82, 2.24) is 35.6 Å². The molecule has 1 saturated heterocycles. The molecule has 5 rings (SSSR count). The van der Waals surface area contributed by atoms with Crippen molar-refractivity contribution >= 4 is 33.9 Å². The third kappa shape index (κ3) is 4.04. The molecule has 1 atom stereocenters. The van der Waals surface area contributed by atoms with Gasteiger partial charge >= 0.3 is 0 Å². The van der Waals surface area contributed by atoms with Crippen molar-refractivity contribution in [2.24, 2.45) is 0 Å². The van der Waals surface area contributed by atoms with Gasteiger partial charge in [0, 0.05) is 40.9 Å². The highest BCUT2D eigenvalue weighted by atomic mass is 127. The van der Waals surface area contributed by atoms with Gasteiger partial charge in [-0.15, -0.1) is 11.3 Å². The van der Waals surface area contributed by atoms with Crippen molar-refractivity contribution in [3.05, 3.63) is 69.3 Å². The van der Waals surface area contributed by atoms with Gasteiger partial charge in [-0.25, -0.2) is 4.98 Å². The Morgan fingerprint density at radius 2 is 1.91 bits per heavy atom. The second-order valence-corrected chi connectivity index (χ2v) is 9.63. The first-order valence-corrected chi connectivity index (χ1v) is 12.1. The van der Waals surface area contributed by atoms with Crippen LogP contribution in [0.2, 0.25) is 0 Å². The zero-order valence-corrected chi connectivity index (χ0v) is 20.0. The Morgan fingerprint density at radius 1 is 1.09 bits per heavy atom. The number of nitriles is 1. The molecule has 1 aliphatic heterocycles. The quantitative estimate of drug-likeness (QED) is 0.364. The van der Waals surface area contributed by atoms with Crippen LogP contribution in [0.4, 0.5) is 0 Å². The maximum atomic E-state index is 10.4. The van der Waals surface area contributed by atoms with Gasteiger partial charge in [0.1, 0.15) is 12.4 Å². The average Bonchev–Trinajstić information content (AvgIpc) is 3.50. The standard InChI is InChI=1S/C22H19IN8S/c23-16-3-1-14(2-4-16)19(31-9-7-25-8-10-31)18-17(11-24)20(15-5-6-27-28-12-15)32-21(18)22-26-13-29-30-22/h1-6,12-13,19,25H,7-10H2,(H,26,29,30). The van der Waals surface area contributed by atoms with Gasteiger partial charge in [-0.1, -0.05) is 12.1 Å². The van der Waals surface area contributed by atoms with Gasteiger partial charge in [-0.2, -0.15) is 20.6 Å². The number of halogens is 1. The third-order valence-electron chi connectivity index (χ3n) is 5.51. The summed E-state index contributed by atoms with van der Waals surface area (Å²) >= 11 is 3.86. The molecule has 0 spiro atoms. The van der Waals surface area contributed by atoms with Gasteiger partial charge in [0.25, 0.3) is 0 Å². The number of nitrogens with zero attached hydrogens (tertiary/aromatic N) is 6. The Kier molecular flexibility index (Phi) is 6.22. The number of piperazine rings is 1. The van der Waals surface area contributed by atoms with Gasteiger partial charge in [-0.05, 0) is 46.4 Å². The lowest BCUT2D eigenvalue weighted by Gasteiger charge is -2.36. The number of hydrogen-bond donors (Lipinski definition) is 2. The number of hydrogen-bond acceptors (Lipinski definition) is 8. The maximum absolute atomic E-state index is 10.4. The lowest BCUT2D eigenvalue weighted by Crippen LogP contribution is -2.45. The first-order chi connectivity index (χ1) is 15.8. The molecule has 8 nitrogen and oxygen atoms in total. The molecule has 0 bridgehead atoms. The molecule has 10 heteroatoms. The van der Waals surface area contributed by atoms with Gasteiger partial charge in [0.15, 0.2) is 5.82 Å². The van der Waals surface area contributed by atoms with Crippen LogP contribution < -0.4 is 5.32 Å². The predicted molar refractivity (Wildman–Crippen MR) is 131 cm³/mol. The van der Waals surface area contributed by atoms with E-state index in [2.05, 4.69) is 88.5 Å². The van der Waals surface area contributed by atoms with E-state index < -0.39 is 0 Å². The highest BCUT2D eigenvalue weighted by Gasteiger charge is 2.33. The predicted octanol–water partition coefficient (Wildman–Crippen LogP) is 3.46. The molecule has 1 fully saturated rings. The first kappa shape index (κ1) is 21.1. The molecule has 1 unspecified atom stereocenters. The van der Waals surface area contributed by atoms with E-state index >= 15 is 0 Å². The van der Waals surface area contributed by atoms with E-state index in [0.717, 1.165) is 52.6 Å². The van der Waals surface area contributed by atoms with Crippen molar-refractivity contribution < 1.29 is 0 Å². The Hall–Kier alpha value is -2.72. The number of aromatic nitrogens is 5. The molecule has 0 amide bonds. The molecular weight excluding hydrogens is 535 g/mol. The fourth-order valence-corrected chi connectivity index (χ4v) is 5.66. The number of rotatable bonds is 5. The lowest BCUT2D eigenvalue weighted by atomic mass is 9.92. The maximum Gasteiger partial charge on any atom is 0.165 e. The van der Waals surface area contributed by atoms with Crippen molar-refractivity contribution in [1.29, 1.82) is 5.26 Å². The van der Waals surface area contributed by atoms with Crippen LogP contribution >= 0.6 is 33.9 Å². The van der Waals surface area contributed by atoms with Gasteiger partial charge < -0.3 is 5.32 Å². The highest BCUT2D eigenvalue weighted by molar-refractivity contribution is 14.1. The van der Waals surface area contributed by atoms with E-state index in [1.165, 1.54) is 9.90 Å². The van der Waals surface area contributed by atoms with E-state index in [1.807, 2.05) is 6.07 Å². The Morgan fingerprint density at radius 3 is 2.56 bits per heavy atom. The van der Waals surface area contributed by atoms with Crippen molar-refractivity contribution in [3.8, 4) is 27.2 Å². The summed E-state index contributed by atoms with van der Waals surface area (Å²) in [5, 5.41) is 28.8. The van der Waals surface area contributed by atoms with Crippen LogP contribution in [0.5, 0.6) is 0 Å². The average molecular weight is 554 g/mol. The molecular formula is C22H19IN8S. The number of nitrogens with one attached hydrogen (secondary N) is 2. The molecule has 1 aromatic carbocycles. The molecule has 0 aliphatic carbocycles. The van der Waals surface area contributed by atoms with E-state index in [-0.39, 0.29) is 6.04 Å². The Balaban J connectivity index is 1.77. The van der Waals surface area contributed by atoms with Crippen molar-refractivity contribution in [2.75, 3.05) is 26.2 Å². The molecule has 2 N–H and O–H groups in total. The zero-order chi connectivity index (χ0) is 21.9. The lowest BCUT2D eigenvalue weighted by molar-refractivity contribution is 0.199. The molecule has 32 heavy (non-hydrogen) atoms. The largest absolute Gasteiger partial charge is 0.314 e. The first-order valence-electron chi connectivity index (χ1n) is 10.2. The monoisotopic (exact) mass is 554 g/mol. The summed E-state index contributed by atoms with van der Waals surface area (Å²) in [5.41, 5.74) is 3.64. The Bertz CT molecular complexity index is 1230. The third-order valence-corrected chi connectivity index (χ3v) is 7.49. The SMILES string of the molecule is N#Cc1c(-c2ccnnc2)sc(-c2ncn[nH]2)c1C(c1ccc(I)cc1)N1CCNCC1. The summed E-state index contributed by atoms with van der Waals surface area (Å²) < 4.78 is 1.18. The summed E-state index contributed by atoms with van der Waals surface area (Å²) in [6, 6.07) is 12.9. The van der Waals surface area contributed by atoms with E-state index in [4.69, 9.17) is 0 Å². The summed E-state index contributed by atoms with van der Waals surface area (Å²) in [6.45, 7) is 3.59. The number of benzene rings is 1. The number of H-pyrrole nitrogens is 1. The van der Waals surface area contributed by atoms with Crippen LogP contribution in [0.1, 0.15) is 22.7 Å². The second kappa shape index (κ2) is 9.41. The molecule has 4 heterocycles. The molecule has 0 saturated carbocycles. The summed E-state index contributed by atoms with van der Waals surface area (Å²) in [7, 11) is 0. The summed E-state index contributed by atoms with van der Waals surface area (Å²) in [4.78, 5) is 8.67. The van der Waals surface area contributed by atoms with E-state index in [1.54, 1.807) is 23.7 Å². The van der Waals surface area contributed by atoms with E-state index in [0.29, 0.717) is 11.4 Å². The minimum Gasteiger partial charge on any atom is -0.314 e. The second-order valence-electron chi connectivity index (χ2n) is 7.37. The minimum absolute atomic E-state index is 0.0800. The Labute approximate surface area is 202 Å². The van der Waals surface area contributed by atoms with Gasteiger partial charge in [-0.3, -0.25) is 10.00 Å². The van der Waals surface area contributed by atoms with Crippen LogP contribution in [0.15, 0.2) is 49.1 Å². The number of thiophene rings is 1. The highest BCUT2D eigenvalue weighted by Crippen LogP contribution is 2.46. The molecule has 1 aliphatic rings. The molecule has 4 aromatic rings. The fraction of sp³-hybridized carbons (Fsp3) is 0.227. The van der Waals surface area contributed by atoms with Gasteiger partial charge in [0.2, 0.25) is 0 Å². The molecule has 0 radical (unpaired) electrons. The van der Waals surface area contributed by atoms with Crippen LogP contribution in [-0.4, -0.2) is 56.5 Å². The molecule has 160 valence electrons. The molecule has 3 aromatic heterocycles. The van der Waals surface area contributed by atoms with Crippen LogP contribution in [0, 0.1) is 14.9 Å². The van der Waals surface area contributed by atoms with Crippen LogP contribution in [0.3, 0.4) is 0 Å². The minimum atomic E-state index is -0.0800. The zero-order valence-electron chi connectivity index (χ0n) is 17.0. The summed E-state index contributed by atoms with van der Waals surface area (Å²) in [5.74, 6) is 0.667. The van der Waals surface area contributed by atoms with Crippen LogP contribution in [-0.2, 0) is 0 Å². The number of aromatic amines is 1. The van der Waals surface area contributed by atoms with E-state index in [9.17, 15) is 5.26 Å². The smallest absolute Gasteiger partial charge is 0.165 e. The van der Waals surface area contributed by atoms with Crippen molar-refractivity contribution in [3.63, 3.8) is 0 Å². The normalized spacial score (nSPS) is 15.4. The topological polar surface area (TPSA) is 106 Å². The fourth-order valence-electron chi connectivity index (χ4n) is 4.08. The van der Waals surface area contributed by atoms with Gasteiger partial charge in [0.05, 0.1) is 33.8 Å². The van der Waals surface area contributed by atoms with Crippen LogP contribution in [0.25, 0.3) is 21.1 Å². The van der Waals surface area contributed by atoms with Crippen molar-refractivity contribution in [2.45, 2.75) is 6.04 Å².